The molecule has 0 radical (unpaired) electrons. The standard InChI is InChI=1S/C23H40N2O4/c1-4-19(10-7-5-6-8-11-23(26)25-2)20-12-13-21(29-17-14-24)22(18-20)28-16-9-15-27-3/h12-13,18-19H,4-11,14-17,24H2,1-3H3,(H,25,26). The van der Waals surface area contributed by atoms with Crippen LogP contribution >= 0.6 is 0 Å². The minimum Gasteiger partial charge on any atom is -0.490 e. The summed E-state index contributed by atoms with van der Waals surface area (Å²) in [5.74, 6) is 2.17. The van der Waals surface area contributed by atoms with Crippen LogP contribution in [0.4, 0.5) is 0 Å². The first-order chi connectivity index (χ1) is 14.2. The summed E-state index contributed by atoms with van der Waals surface area (Å²) in [6.07, 6.45) is 8.08. The lowest BCUT2D eigenvalue weighted by Crippen LogP contribution is -2.16. The molecule has 1 rings (SSSR count). The van der Waals surface area contributed by atoms with Crippen molar-refractivity contribution in [2.75, 3.05) is 40.5 Å². The quantitative estimate of drug-likeness (QED) is 0.380. The van der Waals surface area contributed by atoms with Crippen molar-refractivity contribution in [3.63, 3.8) is 0 Å². The number of nitrogens with one attached hydrogen (secondary N) is 1. The summed E-state index contributed by atoms with van der Waals surface area (Å²) in [5.41, 5.74) is 6.87. The fraction of sp³-hybridized carbons (Fsp3) is 0.696. The average molecular weight is 409 g/mol. The Kier molecular flexibility index (Phi) is 14.0. The van der Waals surface area contributed by atoms with Gasteiger partial charge in [-0.15, -0.1) is 0 Å². The van der Waals surface area contributed by atoms with Gasteiger partial charge in [0.2, 0.25) is 5.91 Å². The van der Waals surface area contributed by atoms with Crippen LogP contribution < -0.4 is 20.5 Å². The minimum absolute atomic E-state index is 0.131. The molecule has 29 heavy (non-hydrogen) atoms. The number of benzene rings is 1. The predicted octanol–water partition coefficient (Wildman–Crippen LogP) is 4.02. The van der Waals surface area contributed by atoms with Crippen molar-refractivity contribution in [1.82, 2.24) is 5.32 Å². The van der Waals surface area contributed by atoms with Gasteiger partial charge >= 0.3 is 0 Å². The molecule has 1 aromatic rings. The third-order valence-electron chi connectivity index (χ3n) is 5.04. The molecule has 0 saturated carbocycles. The van der Waals surface area contributed by atoms with E-state index in [1.807, 2.05) is 6.07 Å². The van der Waals surface area contributed by atoms with E-state index in [2.05, 4.69) is 24.4 Å². The topological polar surface area (TPSA) is 82.8 Å². The molecule has 1 atom stereocenters. The normalized spacial score (nSPS) is 11.9. The number of unbranched alkanes of at least 4 members (excludes halogenated alkanes) is 3. The number of hydrogen-bond donors (Lipinski definition) is 2. The molecule has 1 aromatic carbocycles. The molecule has 0 fully saturated rings. The van der Waals surface area contributed by atoms with Crippen molar-refractivity contribution in [2.45, 2.75) is 64.2 Å². The molecule has 166 valence electrons. The van der Waals surface area contributed by atoms with Crippen molar-refractivity contribution in [3.8, 4) is 11.5 Å². The number of hydrogen-bond acceptors (Lipinski definition) is 5. The summed E-state index contributed by atoms with van der Waals surface area (Å²) in [6.45, 7) is 4.45. The van der Waals surface area contributed by atoms with Crippen LogP contribution in [-0.4, -0.2) is 46.4 Å². The highest BCUT2D eigenvalue weighted by Gasteiger charge is 2.14. The molecule has 1 amide bonds. The predicted molar refractivity (Wildman–Crippen MR) is 118 cm³/mol. The first-order valence-corrected chi connectivity index (χ1v) is 10.9. The molecule has 1 unspecified atom stereocenters. The number of amides is 1. The van der Waals surface area contributed by atoms with E-state index in [9.17, 15) is 4.79 Å². The molecule has 0 saturated heterocycles. The molecule has 0 aliphatic carbocycles. The van der Waals surface area contributed by atoms with Crippen LogP contribution in [-0.2, 0) is 9.53 Å². The number of ether oxygens (including phenoxy) is 3. The van der Waals surface area contributed by atoms with Crippen LogP contribution in [0.2, 0.25) is 0 Å². The van der Waals surface area contributed by atoms with Gasteiger partial charge in [-0.05, 0) is 42.9 Å². The van der Waals surface area contributed by atoms with Crippen LogP contribution in [0.1, 0.15) is 69.8 Å². The molecule has 0 aliphatic rings. The molecular weight excluding hydrogens is 368 g/mol. The summed E-state index contributed by atoms with van der Waals surface area (Å²) in [6, 6.07) is 6.27. The van der Waals surface area contributed by atoms with Crippen molar-refractivity contribution in [2.24, 2.45) is 5.73 Å². The van der Waals surface area contributed by atoms with Crippen LogP contribution in [0.5, 0.6) is 11.5 Å². The molecule has 0 heterocycles. The third kappa shape index (κ3) is 10.5. The number of nitrogens with two attached hydrogens (primary N) is 1. The zero-order valence-electron chi connectivity index (χ0n) is 18.5. The Hall–Kier alpha value is -1.79. The van der Waals surface area contributed by atoms with E-state index in [1.165, 1.54) is 12.0 Å². The van der Waals surface area contributed by atoms with E-state index >= 15 is 0 Å². The van der Waals surface area contributed by atoms with E-state index in [4.69, 9.17) is 19.9 Å². The monoisotopic (exact) mass is 408 g/mol. The zero-order valence-corrected chi connectivity index (χ0v) is 18.5. The maximum absolute atomic E-state index is 11.3. The van der Waals surface area contributed by atoms with Gasteiger partial charge in [0, 0.05) is 40.2 Å². The zero-order chi connectivity index (χ0) is 21.3. The Morgan fingerprint density at radius 2 is 1.79 bits per heavy atom. The third-order valence-corrected chi connectivity index (χ3v) is 5.04. The van der Waals surface area contributed by atoms with Crippen molar-refractivity contribution in [1.29, 1.82) is 0 Å². The van der Waals surface area contributed by atoms with Crippen molar-refractivity contribution < 1.29 is 19.0 Å². The Morgan fingerprint density at radius 3 is 2.48 bits per heavy atom. The lowest BCUT2D eigenvalue weighted by Gasteiger charge is -2.19. The van der Waals surface area contributed by atoms with E-state index in [1.54, 1.807) is 14.2 Å². The van der Waals surface area contributed by atoms with Gasteiger partial charge in [0.1, 0.15) is 6.61 Å². The maximum atomic E-state index is 11.3. The molecule has 6 nitrogen and oxygen atoms in total. The summed E-state index contributed by atoms with van der Waals surface area (Å²) >= 11 is 0. The summed E-state index contributed by atoms with van der Waals surface area (Å²) in [7, 11) is 3.39. The molecular formula is C23H40N2O4. The SMILES string of the molecule is CCC(CCCCCCC(=O)NC)c1ccc(OCCN)c(OCCCOC)c1. The summed E-state index contributed by atoms with van der Waals surface area (Å²) < 4.78 is 16.8. The highest BCUT2D eigenvalue weighted by Crippen LogP contribution is 2.34. The van der Waals surface area contributed by atoms with E-state index in [-0.39, 0.29) is 5.91 Å². The second-order valence-electron chi connectivity index (χ2n) is 7.27. The average Bonchev–Trinajstić information content (AvgIpc) is 2.75. The fourth-order valence-electron chi connectivity index (χ4n) is 3.33. The molecule has 6 heteroatoms. The Bertz CT molecular complexity index is 566. The van der Waals surface area contributed by atoms with Crippen LogP contribution in [0.25, 0.3) is 0 Å². The van der Waals surface area contributed by atoms with Gasteiger partial charge in [-0.25, -0.2) is 0 Å². The van der Waals surface area contributed by atoms with Gasteiger partial charge in [-0.2, -0.15) is 0 Å². The van der Waals surface area contributed by atoms with Crippen molar-refractivity contribution >= 4 is 5.91 Å². The first kappa shape index (κ1) is 25.2. The summed E-state index contributed by atoms with van der Waals surface area (Å²) in [5, 5.41) is 2.67. The number of carbonyl (C=O) groups is 1. The first-order valence-electron chi connectivity index (χ1n) is 10.9. The Morgan fingerprint density at radius 1 is 1.03 bits per heavy atom. The maximum Gasteiger partial charge on any atom is 0.219 e. The highest BCUT2D eigenvalue weighted by atomic mass is 16.5. The second kappa shape index (κ2) is 16.1. The van der Waals surface area contributed by atoms with Crippen LogP contribution in [0.15, 0.2) is 18.2 Å². The highest BCUT2D eigenvalue weighted by molar-refractivity contribution is 5.75. The van der Waals surface area contributed by atoms with Crippen LogP contribution in [0, 0.1) is 0 Å². The molecule has 0 spiro atoms. The van der Waals surface area contributed by atoms with Gasteiger partial charge in [-0.3, -0.25) is 4.79 Å². The van der Waals surface area contributed by atoms with Crippen molar-refractivity contribution in [3.05, 3.63) is 23.8 Å². The van der Waals surface area contributed by atoms with E-state index in [0.717, 1.165) is 50.0 Å². The van der Waals surface area contributed by atoms with Gasteiger partial charge < -0.3 is 25.3 Å². The van der Waals surface area contributed by atoms with Gasteiger partial charge in [0.15, 0.2) is 11.5 Å². The summed E-state index contributed by atoms with van der Waals surface area (Å²) in [4.78, 5) is 11.3. The Balaban J connectivity index is 2.61. The minimum atomic E-state index is 0.131. The number of carbonyl (C=O) groups excluding carboxylic acids is 1. The largest absolute Gasteiger partial charge is 0.490 e. The van der Waals surface area contributed by atoms with Crippen LogP contribution in [0.3, 0.4) is 0 Å². The van der Waals surface area contributed by atoms with Gasteiger partial charge in [0.05, 0.1) is 6.61 Å². The molecule has 0 aliphatic heterocycles. The molecule has 0 bridgehead atoms. The fourth-order valence-corrected chi connectivity index (χ4v) is 3.33. The van der Waals surface area contributed by atoms with Gasteiger partial charge in [-0.1, -0.05) is 32.3 Å². The van der Waals surface area contributed by atoms with E-state index < -0.39 is 0 Å². The number of rotatable bonds is 17. The van der Waals surface area contributed by atoms with Gasteiger partial charge in [0.25, 0.3) is 0 Å². The molecule has 3 N–H and O–H groups in total. The Labute approximate surface area is 176 Å². The second-order valence-corrected chi connectivity index (χ2v) is 7.27. The smallest absolute Gasteiger partial charge is 0.219 e. The lowest BCUT2D eigenvalue weighted by atomic mass is 9.90. The molecule has 0 aromatic heterocycles. The number of methoxy groups -OCH3 is 1. The lowest BCUT2D eigenvalue weighted by molar-refractivity contribution is -0.120. The van der Waals surface area contributed by atoms with E-state index in [0.29, 0.717) is 38.7 Å².